The molecule has 1 unspecified atom stereocenters. The van der Waals surface area contributed by atoms with Gasteiger partial charge in [0.2, 0.25) is 0 Å². The van der Waals surface area contributed by atoms with Gasteiger partial charge in [-0.1, -0.05) is 29.8 Å². The number of hydrogen-bond donors (Lipinski definition) is 2. The van der Waals surface area contributed by atoms with Crippen LogP contribution in [0.2, 0.25) is 5.02 Å². The van der Waals surface area contributed by atoms with Gasteiger partial charge in [-0.3, -0.25) is 0 Å². The van der Waals surface area contributed by atoms with Crippen LogP contribution >= 0.6 is 20.6 Å². The molecule has 20 heavy (non-hydrogen) atoms. The first-order valence-corrected chi connectivity index (χ1v) is 7.20. The van der Waals surface area contributed by atoms with Crippen LogP contribution in [0.25, 0.3) is 0 Å². The van der Waals surface area contributed by atoms with Crippen molar-refractivity contribution in [1.82, 2.24) is 0 Å². The van der Waals surface area contributed by atoms with Crippen LogP contribution in [0.4, 0.5) is 5.69 Å². The van der Waals surface area contributed by atoms with E-state index in [1.54, 1.807) is 12.1 Å². The normalized spacial score (nSPS) is 10.8. The molecule has 0 heterocycles. The summed E-state index contributed by atoms with van der Waals surface area (Å²) in [5, 5.41) is 13.0. The monoisotopic (exact) mass is 311 g/mol. The van der Waals surface area contributed by atoms with Crippen molar-refractivity contribution in [3.05, 3.63) is 47.0 Å². The summed E-state index contributed by atoms with van der Waals surface area (Å²) < 4.78 is 10.7. The third-order valence-electron chi connectivity index (χ3n) is 2.70. The first-order chi connectivity index (χ1) is 9.61. The molecule has 2 aromatic carbocycles. The number of methoxy groups -OCH3 is 1. The largest absolute Gasteiger partial charge is 0.503 e. The van der Waals surface area contributed by atoms with Crippen LogP contribution in [0.1, 0.15) is 5.56 Å². The second-order valence-corrected chi connectivity index (χ2v) is 5.17. The van der Waals surface area contributed by atoms with Gasteiger partial charge in [0.15, 0.2) is 20.5 Å². The first-order valence-electron chi connectivity index (χ1n) is 5.92. The molecule has 0 saturated carbocycles. The Morgan fingerprint density at radius 3 is 2.65 bits per heavy atom. The molecule has 0 amide bonds. The van der Waals surface area contributed by atoms with Crippen LogP contribution in [-0.4, -0.2) is 12.2 Å². The summed E-state index contributed by atoms with van der Waals surface area (Å²) in [6.45, 7) is 1.99. The van der Waals surface area contributed by atoms with Crippen molar-refractivity contribution < 1.29 is 14.4 Å². The van der Waals surface area contributed by atoms with Gasteiger partial charge in [0, 0.05) is 11.8 Å². The molecule has 0 aliphatic rings. The Morgan fingerprint density at radius 2 is 1.95 bits per heavy atom. The van der Waals surface area contributed by atoms with Crippen molar-refractivity contribution in [3.63, 3.8) is 0 Å². The zero-order chi connectivity index (χ0) is 14.5. The molecule has 0 spiro atoms. The minimum absolute atomic E-state index is 0.0286. The standard InChI is InChI=1S/C14H15ClNO3P/c1-9-5-3-4-6-12(9)19-20-16-10-7-11(15)14(17)13(8-10)18-2/h3-8,16-17,20H,1-2H3. The summed E-state index contributed by atoms with van der Waals surface area (Å²) in [6.07, 6.45) is 0. The van der Waals surface area contributed by atoms with Crippen molar-refractivity contribution in [2.75, 3.05) is 12.2 Å². The molecule has 0 fully saturated rings. The van der Waals surface area contributed by atoms with E-state index < -0.39 is 0 Å². The van der Waals surface area contributed by atoms with Crippen LogP contribution in [-0.2, 0) is 0 Å². The van der Waals surface area contributed by atoms with Crippen molar-refractivity contribution in [1.29, 1.82) is 0 Å². The molecule has 0 aliphatic carbocycles. The number of rotatable bonds is 5. The second-order valence-electron chi connectivity index (χ2n) is 4.10. The fraction of sp³-hybridized carbons (Fsp3) is 0.143. The summed E-state index contributed by atoms with van der Waals surface area (Å²) in [5.41, 5.74) is 1.79. The topological polar surface area (TPSA) is 50.7 Å². The lowest BCUT2D eigenvalue weighted by Crippen LogP contribution is -1.92. The average molecular weight is 312 g/mol. The molecule has 0 aliphatic heterocycles. The van der Waals surface area contributed by atoms with E-state index in [4.69, 9.17) is 20.9 Å². The molecular formula is C14H15ClNO3P. The van der Waals surface area contributed by atoms with Gasteiger partial charge in [-0.25, -0.2) is 0 Å². The van der Waals surface area contributed by atoms with Crippen LogP contribution < -0.4 is 14.3 Å². The Morgan fingerprint density at radius 1 is 1.20 bits per heavy atom. The minimum Gasteiger partial charge on any atom is -0.503 e. The first kappa shape index (κ1) is 14.8. The molecule has 2 rings (SSSR count). The number of anilines is 1. The number of ether oxygens (including phenoxy) is 1. The Balaban J connectivity index is 2.01. The third kappa shape index (κ3) is 3.47. The Bertz CT molecular complexity index is 607. The predicted molar refractivity (Wildman–Crippen MR) is 83.4 cm³/mol. The molecule has 106 valence electrons. The third-order valence-corrected chi connectivity index (χ3v) is 3.70. The van der Waals surface area contributed by atoms with E-state index in [1.165, 1.54) is 7.11 Å². The highest BCUT2D eigenvalue weighted by atomic mass is 35.5. The van der Waals surface area contributed by atoms with Crippen molar-refractivity contribution in [2.45, 2.75) is 6.92 Å². The highest BCUT2D eigenvalue weighted by Gasteiger charge is 2.09. The summed E-state index contributed by atoms with van der Waals surface area (Å²) in [6, 6.07) is 11.1. The van der Waals surface area contributed by atoms with Gasteiger partial charge in [0.25, 0.3) is 0 Å². The summed E-state index contributed by atoms with van der Waals surface area (Å²) in [4.78, 5) is 0. The van der Waals surface area contributed by atoms with E-state index in [9.17, 15) is 5.11 Å². The van der Waals surface area contributed by atoms with Gasteiger partial charge in [-0.2, -0.15) is 0 Å². The molecule has 0 saturated heterocycles. The number of para-hydroxylation sites is 1. The smallest absolute Gasteiger partial charge is 0.176 e. The SMILES string of the molecule is COc1cc(NPOc2ccccc2C)cc(Cl)c1O. The Kier molecular flexibility index (Phi) is 4.94. The number of hydrogen-bond acceptors (Lipinski definition) is 4. The number of benzene rings is 2. The van der Waals surface area contributed by atoms with Gasteiger partial charge in [-0.05, 0) is 24.6 Å². The highest BCUT2D eigenvalue weighted by Crippen LogP contribution is 2.38. The number of halogens is 1. The van der Waals surface area contributed by atoms with Gasteiger partial charge in [0.1, 0.15) is 5.75 Å². The van der Waals surface area contributed by atoms with Gasteiger partial charge in [-0.15, -0.1) is 0 Å². The molecule has 4 nitrogen and oxygen atoms in total. The molecule has 0 radical (unpaired) electrons. The van der Waals surface area contributed by atoms with E-state index in [1.807, 2.05) is 31.2 Å². The maximum Gasteiger partial charge on any atom is 0.176 e. The zero-order valence-electron chi connectivity index (χ0n) is 11.1. The molecule has 0 aromatic heterocycles. The number of aromatic hydroxyl groups is 1. The number of phenols is 1. The molecular weight excluding hydrogens is 297 g/mol. The molecule has 6 heteroatoms. The lowest BCUT2D eigenvalue weighted by Gasteiger charge is -2.12. The van der Waals surface area contributed by atoms with Crippen molar-refractivity contribution in [3.8, 4) is 17.2 Å². The molecule has 2 aromatic rings. The fourth-order valence-electron chi connectivity index (χ4n) is 1.61. The minimum atomic E-state index is -0.0668. The predicted octanol–water partition coefficient (Wildman–Crippen LogP) is 4.36. The Hall–Kier alpha value is -1.64. The van der Waals surface area contributed by atoms with E-state index in [-0.39, 0.29) is 19.7 Å². The highest BCUT2D eigenvalue weighted by molar-refractivity contribution is 7.34. The Labute approximate surface area is 124 Å². The maximum atomic E-state index is 9.65. The van der Waals surface area contributed by atoms with Crippen molar-refractivity contribution in [2.24, 2.45) is 0 Å². The fourth-order valence-corrected chi connectivity index (χ4v) is 2.47. The van der Waals surface area contributed by atoms with E-state index in [0.29, 0.717) is 5.75 Å². The second kappa shape index (κ2) is 6.69. The van der Waals surface area contributed by atoms with Crippen molar-refractivity contribution >= 4 is 26.2 Å². The summed E-state index contributed by atoms with van der Waals surface area (Å²) in [5.74, 6) is 1.08. The number of nitrogens with one attached hydrogen (secondary N) is 1. The van der Waals surface area contributed by atoms with E-state index >= 15 is 0 Å². The number of aryl methyl sites for hydroxylation is 1. The molecule has 0 bridgehead atoms. The lowest BCUT2D eigenvalue weighted by molar-refractivity contribution is 0.374. The quantitative estimate of drug-likeness (QED) is 0.636. The summed E-state index contributed by atoms with van der Waals surface area (Å²) in [7, 11) is 1.50. The lowest BCUT2D eigenvalue weighted by atomic mass is 10.2. The average Bonchev–Trinajstić information content (AvgIpc) is 2.44. The van der Waals surface area contributed by atoms with E-state index in [0.717, 1.165) is 17.0 Å². The van der Waals surface area contributed by atoms with Crippen LogP contribution in [0.3, 0.4) is 0 Å². The van der Waals surface area contributed by atoms with Gasteiger partial charge in [0.05, 0.1) is 12.1 Å². The van der Waals surface area contributed by atoms with Crippen LogP contribution in [0.5, 0.6) is 17.2 Å². The van der Waals surface area contributed by atoms with Crippen LogP contribution in [0, 0.1) is 6.92 Å². The number of phenolic OH excluding ortho intramolecular Hbond substituents is 1. The van der Waals surface area contributed by atoms with E-state index in [2.05, 4.69) is 5.09 Å². The maximum absolute atomic E-state index is 9.65. The van der Waals surface area contributed by atoms with Crippen LogP contribution in [0.15, 0.2) is 36.4 Å². The van der Waals surface area contributed by atoms with Gasteiger partial charge >= 0.3 is 0 Å². The molecule has 2 N–H and O–H groups in total. The molecule has 1 atom stereocenters. The zero-order valence-corrected chi connectivity index (χ0v) is 12.9. The summed E-state index contributed by atoms with van der Waals surface area (Å²) >= 11 is 5.91. The van der Waals surface area contributed by atoms with Gasteiger partial charge < -0.3 is 19.5 Å².